The standard InChI is InChI=1S/4C20H17NO3.2C4H10O.6C3H7NO.2ClHO4.2Dy.2Ni/c4*1-24-19-9-5-8-16(20(19)23)13-21-17-12-15(10-11-18(17)22)14-6-3-2-4-7-14;2*1-3-5-4-2;6*1-4(2)3-5;2*2-1(3,4)5;;;;/h4*2-13,22-23H,1H3;2*3-4H2,1-2H3;6*3H,1-2H3;2*(H,2,3,4,5);;;;/q;;;;;;;;;;;;;;;+3;+2;+3/p-10. The fourth-order valence-electron chi connectivity index (χ4n) is 9.86. The smallest absolute Gasteiger partial charge is 0.871 e. The molecule has 0 bridgehead atoms. The van der Waals surface area contributed by atoms with Gasteiger partial charge in [-0.25, -0.2) is 37.3 Å². The zero-order valence-electron chi connectivity index (χ0n) is 85.9. The van der Waals surface area contributed by atoms with Crippen LogP contribution in [-0.2, 0) is 71.2 Å². The number of amides is 6. The van der Waals surface area contributed by atoms with Crippen molar-refractivity contribution in [1.82, 2.24) is 29.4 Å². The summed E-state index contributed by atoms with van der Waals surface area (Å²) >= 11 is 0. The molecule has 12 aromatic rings. The van der Waals surface area contributed by atoms with Gasteiger partial charge in [-0.2, -0.15) is 0 Å². The van der Waals surface area contributed by atoms with Crippen LogP contribution in [0.3, 0.4) is 0 Å². The Bertz CT molecular complexity index is 5100. The SMILES string of the molecule is CCOCC.CCOCC.CN(C)C=O.CN(C)C=O.CN(C)C=O.CN(C)C=O.CN(C)C=O.CN(C)C=O.COc1cccc(C=Nc2cc(-c3ccccc3)ccc2[O-])c1[O-].COc1cccc(C=Nc2cc(-c3ccccc3)ccc2[O-])c1[O-].COc1cccc(C=Nc2cc(-c3ccccc3)ccc2[O-])c1[O-].COc1cccc(C=Nc2cc(-c3ccccc3)ccc2[O-])c1[O-].[Dy+3].[Dy].[Ni+2].[Ni+3].[O-][Cl+3]([O-])([O-])[O-].[O-][Cl+3]([O-])([O-])[O-]. The molecule has 0 heterocycles. The number of nitrogens with zero attached hydrogens (tertiary/aromatic N) is 10. The van der Waals surface area contributed by atoms with E-state index < -0.39 is 20.5 Å². The Morgan fingerprint density at radius 2 is 0.400 bits per heavy atom. The largest absolute Gasteiger partial charge is 3.00 e. The Morgan fingerprint density at radius 1 is 0.253 bits per heavy atom. The van der Waals surface area contributed by atoms with Gasteiger partial charge < -0.3 is 98.7 Å². The van der Waals surface area contributed by atoms with Gasteiger partial charge in [0, 0.05) is 174 Å². The summed E-state index contributed by atoms with van der Waals surface area (Å²) < 4.78 is 97.6. The minimum atomic E-state index is -4.94. The fraction of sp³-hybridized carbons (Fsp3) is 0.226. The molecule has 2 radical (unpaired) electrons. The summed E-state index contributed by atoms with van der Waals surface area (Å²) in [5.74, 6) is -0.793. The van der Waals surface area contributed by atoms with Crippen molar-refractivity contribution in [1.29, 1.82) is 0 Å². The molecule has 0 unspecified atom stereocenters. The van der Waals surface area contributed by atoms with E-state index in [1.54, 1.807) is 206 Å². The van der Waals surface area contributed by atoms with Gasteiger partial charge in [0.2, 0.25) is 38.5 Å². The third-order valence-electron chi connectivity index (χ3n) is 16.6. The van der Waals surface area contributed by atoms with Crippen molar-refractivity contribution in [3.05, 3.63) is 289 Å². The zero-order valence-corrected chi connectivity index (χ0v) is 93.5. The summed E-state index contributed by atoms with van der Waals surface area (Å²) in [4.78, 5) is 82.1. The molecule has 0 atom stereocenters. The third-order valence-corrected chi connectivity index (χ3v) is 16.6. The van der Waals surface area contributed by atoms with E-state index >= 15 is 0 Å². The Hall–Kier alpha value is -12.5. The van der Waals surface area contributed by atoms with E-state index in [0.717, 1.165) is 109 Å². The van der Waals surface area contributed by atoms with E-state index in [2.05, 4.69) is 20.0 Å². The fourth-order valence-corrected chi connectivity index (χ4v) is 9.86. The Labute approximate surface area is 961 Å². The van der Waals surface area contributed by atoms with E-state index in [1.807, 2.05) is 149 Å². The molecule has 0 N–H and O–H groups in total. The number of carbonyl (C=O) groups is 6. The second-order valence-corrected chi connectivity index (χ2v) is 31.0. The number of rotatable bonds is 26. The molecule has 0 saturated heterocycles. The van der Waals surface area contributed by atoms with Gasteiger partial charge in [-0.1, -0.05) is 264 Å². The summed E-state index contributed by atoms with van der Waals surface area (Å²) in [5.41, 5.74) is 10.3. The van der Waals surface area contributed by atoms with Gasteiger partial charge in [0.25, 0.3) is 0 Å². The van der Waals surface area contributed by atoms with Gasteiger partial charge in [-0.3, -0.25) is 48.7 Å². The number of hydrogen-bond acceptors (Lipinski definition) is 32. The number of hydrogen-bond donors (Lipinski definition) is 0. The first-order valence-electron chi connectivity index (χ1n) is 43.3. The van der Waals surface area contributed by atoms with E-state index in [0.29, 0.717) is 45.0 Å². The Morgan fingerprint density at radius 3 is 0.520 bits per heavy atom. The second-order valence-electron chi connectivity index (χ2n) is 29.5. The number of methoxy groups -OCH3 is 4. The van der Waals surface area contributed by atoms with Crippen LogP contribution in [-0.4, -0.2) is 232 Å². The number of aliphatic imine (C=N–C) groups is 4. The quantitative estimate of drug-likeness (QED) is 0.0422. The molecular weight excluding hydrogens is 2370 g/mol. The first-order chi connectivity index (χ1) is 69.2. The molecule has 12 aromatic carbocycles. The summed E-state index contributed by atoms with van der Waals surface area (Å²) in [6.45, 7) is 11.3. The van der Waals surface area contributed by atoms with E-state index in [4.69, 9.17) is 65.7 Å². The minimum Gasteiger partial charge on any atom is -0.871 e. The van der Waals surface area contributed by atoms with E-state index in [9.17, 15) is 69.6 Å². The van der Waals surface area contributed by atoms with E-state index in [1.165, 1.54) is 107 Å². The molecule has 150 heavy (non-hydrogen) atoms. The molecule has 38 nitrogen and oxygen atoms in total. The first kappa shape index (κ1) is 148. The Kier molecular flexibility index (Phi) is 86.1. The predicted octanol–water partition coefficient (Wildman–Crippen LogP) is 3.84. The molecule has 0 saturated carbocycles. The topological polar surface area (TPSA) is 596 Å². The number of benzene rings is 12. The van der Waals surface area contributed by atoms with Gasteiger partial charge >= 0.3 is 71.2 Å². The van der Waals surface area contributed by atoms with Crippen molar-refractivity contribution in [2.45, 2.75) is 27.7 Å². The van der Waals surface area contributed by atoms with Crippen LogP contribution in [0.25, 0.3) is 44.5 Å². The number of carbonyl (C=O) groups excluding carboxylic acids is 6. The average Bonchev–Trinajstić information content (AvgIpc) is 0.840. The maximum absolute atomic E-state index is 12.1. The van der Waals surface area contributed by atoms with Gasteiger partial charge in [0.1, 0.15) is 23.0 Å². The van der Waals surface area contributed by atoms with Crippen molar-refractivity contribution < 1.29 is 265 Å². The molecule has 0 aromatic heterocycles. The van der Waals surface area contributed by atoms with E-state index in [-0.39, 0.29) is 178 Å². The minimum absolute atomic E-state index is 0. The molecule has 0 aliphatic heterocycles. The normalized spacial score (nSPS) is 9.68. The van der Waals surface area contributed by atoms with Gasteiger partial charge in [-0.15, -0.1) is 20.5 Å². The number of halogens is 2. The van der Waals surface area contributed by atoms with Crippen LogP contribution in [0.15, 0.2) is 287 Å². The maximum atomic E-state index is 12.1. The summed E-state index contributed by atoms with van der Waals surface area (Å²) in [6.07, 6.45) is 10.1. The molecule has 0 fully saturated rings. The van der Waals surface area contributed by atoms with Crippen LogP contribution in [0, 0.1) is 96.8 Å². The average molecular weight is 2500 g/mol. The zero-order chi connectivity index (χ0) is 111. The van der Waals surface area contributed by atoms with Crippen LogP contribution in [0.4, 0.5) is 22.7 Å². The molecular formula is C106H122Cl2Dy2N10Ni2O28-2. The summed E-state index contributed by atoms with van der Waals surface area (Å²) in [5, 5.41) is 96.5. The summed E-state index contributed by atoms with van der Waals surface area (Å²) in [6, 6.07) is 78.6. The van der Waals surface area contributed by atoms with Gasteiger partial charge in [0.15, 0.2) is 0 Å². The van der Waals surface area contributed by atoms with Crippen LogP contribution in [0.1, 0.15) is 49.9 Å². The van der Waals surface area contributed by atoms with Crippen molar-refractivity contribution in [3.63, 3.8) is 0 Å². The Balaban J connectivity index is -0.000000396. The number of para-hydroxylation sites is 4. The third kappa shape index (κ3) is 69.7. The van der Waals surface area contributed by atoms with Crippen LogP contribution in [0.5, 0.6) is 69.0 Å². The van der Waals surface area contributed by atoms with Crippen molar-refractivity contribution >= 4 is 86.1 Å². The van der Waals surface area contributed by atoms with Crippen LogP contribution < -0.4 is 97.1 Å². The van der Waals surface area contributed by atoms with Crippen molar-refractivity contribution in [2.75, 3.05) is 139 Å². The molecule has 0 aliphatic rings. The second kappa shape index (κ2) is 87.2. The monoisotopic (exact) mass is 2500 g/mol. The first-order valence-corrected chi connectivity index (χ1v) is 45.8. The van der Waals surface area contributed by atoms with Crippen molar-refractivity contribution in [2.24, 2.45) is 20.0 Å². The van der Waals surface area contributed by atoms with Gasteiger partial charge in [0.05, 0.1) is 51.2 Å². The van der Waals surface area contributed by atoms with Gasteiger partial charge in [-0.05, 0) is 143 Å². The van der Waals surface area contributed by atoms with Crippen LogP contribution >= 0.6 is 0 Å². The molecule has 0 aliphatic carbocycles. The van der Waals surface area contributed by atoms with Crippen LogP contribution in [0.2, 0.25) is 0 Å². The molecule has 44 heteroatoms. The molecule has 6 amide bonds. The molecule has 0 spiro atoms. The predicted molar refractivity (Wildman–Crippen MR) is 527 cm³/mol. The number of ether oxygens (including phenoxy) is 6. The summed E-state index contributed by atoms with van der Waals surface area (Å²) in [7, 11) is 16.1. The molecule has 820 valence electrons. The maximum Gasteiger partial charge on any atom is 3.00 e. The molecule has 12 rings (SSSR count). The van der Waals surface area contributed by atoms with Crippen molar-refractivity contribution in [3.8, 4) is 114 Å².